The minimum absolute atomic E-state index is 0.0750. The second kappa shape index (κ2) is 5.63. The Kier molecular flexibility index (Phi) is 4.14. The minimum Gasteiger partial charge on any atom is -0.482 e. The smallest absolute Gasteiger partial charge is 0.210 e. The topological polar surface area (TPSA) is 26.3 Å². The van der Waals surface area contributed by atoms with Crippen molar-refractivity contribution in [3.05, 3.63) is 50.4 Å². The Morgan fingerprint density at radius 3 is 2.83 bits per heavy atom. The van der Waals surface area contributed by atoms with E-state index in [9.17, 15) is 9.18 Å². The van der Waals surface area contributed by atoms with Crippen molar-refractivity contribution >= 4 is 33.0 Å². The maximum Gasteiger partial charge on any atom is 0.210 e. The first-order valence-corrected chi connectivity index (χ1v) is 6.84. The molecule has 2 nitrogen and oxygen atoms in total. The molecule has 0 atom stereocenters. The van der Waals surface area contributed by atoms with E-state index in [4.69, 9.17) is 4.74 Å². The summed E-state index contributed by atoms with van der Waals surface area (Å²) in [5, 5.41) is 0. The number of hydrogen-bond donors (Lipinski definition) is 0. The molecular weight excluding hydrogens is 319 g/mol. The van der Waals surface area contributed by atoms with Gasteiger partial charge in [0, 0.05) is 9.35 Å². The molecule has 0 saturated carbocycles. The number of thiophene rings is 1. The summed E-state index contributed by atoms with van der Waals surface area (Å²) in [4.78, 5) is 13.5. The van der Waals surface area contributed by atoms with Crippen LogP contribution >= 0.6 is 27.3 Å². The summed E-state index contributed by atoms with van der Waals surface area (Å²) < 4.78 is 19.3. The molecule has 0 unspecified atom stereocenters. The van der Waals surface area contributed by atoms with Gasteiger partial charge in [0.25, 0.3) is 0 Å². The molecule has 0 aliphatic rings. The van der Waals surface area contributed by atoms with E-state index in [1.165, 1.54) is 23.5 Å². The molecule has 1 heterocycles. The monoisotopic (exact) mass is 328 g/mol. The van der Waals surface area contributed by atoms with Crippen molar-refractivity contribution < 1.29 is 13.9 Å². The number of carbonyl (C=O) groups is 1. The zero-order chi connectivity index (χ0) is 13.1. The SMILES string of the molecule is Cc1ccc(C(=O)COc2cc(Br)ccc2F)s1. The highest BCUT2D eigenvalue weighted by Crippen LogP contribution is 2.23. The van der Waals surface area contributed by atoms with Crippen LogP contribution in [0.4, 0.5) is 4.39 Å². The second-order valence-electron chi connectivity index (χ2n) is 3.70. The largest absolute Gasteiger partial charge is 0.482 e. The van der Waals surface area contributed by atoms with Crippen molar-refractivity contribution in [2.24, 2.45) is 0 Å². The first-order chi connectivity index (χ1) is 8.56. The number of ether oxygens (including phenoxy) is 1. The van der Waals surface area contributed by atoms with Gasteiger partial charge in [0.2, 0.25) is 5.78 Å². The molecular formula is C13H10BrFO2S. The molecule has 0 saturated heterocycles. The molecule has 5 heteroatoms. The van der Waals surface area contributed by atoms with Crippen molar-refractivity contribution in [2.75, 3.05) is 6.61 Å². The first kappa shape index (κ1) is 13.2. The number of benzene rings is 1. The predicted octanol–water partition coefficient (Wildman–Crippen LogP) is 4.22. The van der Waals surface area contributed by atoms with E-state index in [1.807, 2.05) is 13.0 Å². The lowest BCUT2D eigenvalue weighted by molar-refractivity contribution is 0.0923. The van der Waals surface area contributed by atoms with Gasteiger partial charge in [0.05, 0.1) is 4.88 Å². The minimum atomic E-state index is -0.478. The molecule has 0 amide bonds. The van der Waals surface area contributed by atoms with Crippen LogP contribution in [-0.2, 0) is 0 Å². The summed E-state index contributed by atoms with van der Waals surface area (Å²) in [7, 11) is 0. The van der Waals surface area contributed by atoms with Crippen molar-refractivity contribution in [1.82, 2.24) is 0 Å². The molecule has 0 bridgehead atoms. The number of ketones is 1. The molecule has 0 fully saturated rings. The molecule has 18 heavy (non-hydrogen) atoms. The quantitative estimate of drug-likeness (QED) is 0.785. The molecule has 2 rings (SSSR count). The Balaban J connectivity index is 2.03. The Hall–Kier alpha value is -1.20. The summed E-state index contributed by atoms with van der Waals surface area (Å²) in [5.41, 5.74) is 0. The Labute approximate surface area is 117 Å². The highest BCUT2D eigenvalue weighted by molar-refractivity contribution is 9.10. The summed E-state index contributed by atoms with van der Waals surface area (Å²) in [6.45, 7) is 1.77. The summed E-state index contributed by atoms with van der Waals surface area (Å²) in [5.74, 6) is -0.549. The number of Topliss-reactive ketones (excluding diaryl/α,β-unsaturated/α-hetero) is 1. The predicted molar refractivity (Wildman–Crippen MR) is 73.0 cm³/mol. The average Bonchev–Trinajstić information content (AvgIpc) is 2.77. The van der Waals surface area contributed by atoms with Gasteiger partial charge in [-0.05, 0) is 37.3 Å². The number of halogens is 2. The lowest BCUT2D eigenvalue weighted by Crippen LogP contribution is -2.10. The Morgan fingerprint density at radius 2 is 2.17 bits per heavy atom. The molecule has 0 aliphatic heterocycles. The van der Waals surface area contributed by atoms with Crippen molar-refractivity contribution in [2.45, 2.75) is 6.92 Å². The fraction of sp³-hybridized carbons (Fsp3) is 0.154. The van der Waals surface area contributed by atoms with Crippen LogP contribution in [0.1, 0.15) is 14.5 Å². The Bertz CT molecular complexity index is 580. The lowest BCUT2D eigenvalue weighted by atomic mass is 10.3. The van der Waals surface area contributed by atoms with Crippen LogP contribution in [0.15, 0.2) is 34.8 Å². The van der Waals surface area contributed by atoms with Gasteiger partial charge >= 0.3 is 0 Å². The third-order valence-corrected chi connectivity index (χ3v) is 3.80. The van der Waals surface area contributed by atoms with Gasteiger partial charge < -0.3 is 4.74 Å². The molecule has 0 radical (unpaired) electrons. The second-order valence-corrected chi connectivity index (χ2v) is 5.90. The average molecular weight is 329 g/mol. The van der Waals surface area contributed by atoms with Crippen molar-refractivity contribution in [3.63, 3.8) is 0 Å². The molecule has 94 valence electrons. The first-order valence-electron chi connectivity index (χ1n) is 5.24. The summed E-state index contributed by atoms with van der Waals surface area (Å²) >= 11 is 4.63. The van der Waals surface area contributed by atoms with Crippen LogP contribution < -0.4 is 4.74 Å². The van der Waals surface area contributed by atoms with Gasteiger partial charge in [-0.2, -0.15) is 0 Å². The van der Waals surface area contributed by atoms with Crippen LogP contribution in [0.5, 0.6) is 5.75 Å². The van der Waals surface area contributed by atoms with E-state index in [-0.39, 0.29) is 18.1 Å². The van der Waals surface area contributed by atoms with E-state index in [0.717, 1.165) is 4.88 Å². The number of carbonyl (C=O) groups excluding carboxylic acids is 1. The molecule has 0 N–H and O–H groups in total. The van der Waals surface area contributed by atoms with Crippen molar-refractivity contribution in [1.29, 1.82) is 0 Å². The summed E-state index contributed by atoms with van der Waals surface area (Å²) in [6.07, 6.45) is 0. The van der Waals surface area contributed by atoms with Gasteiger partial charge in [-0.3, -0.25) is 4.79 Å². The fourth-order valence-electron chi connectivity index (χ4n) is 1.39. The zero-order valence-corrected chi connectivity index (χ0v) is 12.0. The van der Waals surface area contributed by atoms with E-state index in [1.54, 1.807) is 12.1 Å². The third-order valence-electron chi connectivity index (χ3n) is 2.27. The highest BCUT2D eigenvalue weighted by atomic mass is 79.9. The van der Waals surface area contributed by atoms with E-state index >= 15 is 0 Å². The maximum absolute atomic E-state index is 13.4. The molecule has 0 aliphatic carbocycles. The third kappa shape index (κ3) is 3.17. The van der Waals surface area contributed by atoms with Crippen molar-refractivity contribution in [3.8, 4) is 5.75 Å². The fourth-order valence-corrected chi connectivity index (χ4v) is 2.52. The number of rotatable bonds is 4. The highest BCUT2D eigenvalue weighted by Gasteiger charge is 2.11. The van der Waals surface area contributed by atoms with Crippen LogP contribution in [-0.4, -0.2) is 12.4 Å². The normalized spacial score (nSPS) is 10.4. The summed E-state index contributed by atoms with van der Waals surface area (Å²) in [6, 6.07) is 7.99. The number of hydrogen-bond acceptors (Lipinski definition) is 3. The molecule has 1 aromatic heterocycles. The molecule has 2 aromatic rings. The van der Waals surface area contributed by atoms with Gasteiger partial charge in [-0.1, -0.05) is 15.9 Å². The lowest BCUT2D eigenvalue weighted by Gasteiger charge is -2.06. The van der Waals surface area contributed by atoms with Crippen LogP contribution in [0.25, 0.3) is 0 Å². The Morgan fingerprint density at radius 1 is 1.39 bits per heavy atom. The van der Waals surface area contributed by atoms with Gasteiger partial charge in [-0.15, -0.1) is 11.3 Å². The molecule has 1 aromatic carbocycles. The van der Waals surface area contributed by atoms with E-state index in [2.05, 4.69) is 15.9 Å². The zero-order valence-electron chi connectivity index (χ0n) is 9.57. The van der Waals surface area contributed by atoms with E-state index < -0.39 is 5.82 Å². The standard InChI is InChI=1S/C13H10BrFO2S/c1-8-2-5-13(18-8)11(16)7-17-12-6-9(14)3-4-10(12)15/h2-6H,7H2,1H3. The van der Waals surface area contributed by atoms with Crippen LogP contribution in [0, 0.1) is 12.7 Å². The van der Waals surface area contributed by atoms with E-state index in [0.29, 0.717) is 9.35 Å². The van der Waals surface area contributed by atoms with Crippen LogP contribution in [0.3, 0.4) is 0 Å². The van der Waals surface area contributed by atoms with Gasteiger partial charge in [0.1, 0.15) is 0 Å². The van der Waals surface area contributed by atoms with Crippen LogP contribution in [0.2, 0.25) is 0 Å². The molecule has 0 spiro atoms. The maximum atomic E-state index is 13.4. The van der Waals surface area contributed by atoms with Gasteiger partial charge in [0.15, 0.2) is 18.2 Å². The number of aryl methyl sites for hydroxylation is 1. The van der Waals surface area contributed by atoms with Gasteiger partial charge in [-0.25, -0.2) is 4.39 Å².